The van der Waals surface area contributed by atoms with E-state index in [0.717, 1.165) is 22.2 Å². The third-order valence-electron chi connectivity index (χ3n) is 4.70. The molecular weight excluding hydrogens is 380 g/mol. The quantitative estimate of drug-likeness (QED) is 0.481. The van der Waals surface area contributed by atoms with Gasteiger partial charge in [-0.2, -0.15) is 19.9 Å². The summed E-state index contributed by atoms with van der Waals surface area (Å²) < 4.78 is 12.7. The van der Waals surface area contributed by atoms with Crippen LogP contribution in [-0.2, 0) is 24.3 Å². The second-order valence-electron chi connectivity index (χ2n) is 6.72. The highest BCUT2D eigenvalue weighted by molar-refractivity contribution is 5.81. The third-order valence-corrected chi connectivity index (χ3v) is 4.70. The number of nitrogens with zero attached hydrogens (tertiary/aromatic N) is 5. The molecule has 30 heavy (non-hydrogen) atoms. The van der Waals surface area contributed by atoms with E-state index >= 15 is 0 Å². The van der Waals surface area contributed by atoms with Gasteiger partial charge in [0.1, 0.15) is 5.82 Å². The van der Waals surface area contributed by atoms with E-state index in [4.69, 9.17) is 9.47 Å². The van der Waals surface area contributed by atoms with Crippen molar-refractivity contribution in [2.24, 2.45) is 0 Å². The molecule has 0 aliphatic rings. The lowest BCUT2D eigenvalue weighted by molar-refractivity contribution is 0.186. The Morgan fingerprint density at radius 1 is 0.933 bits per heavy atom. The van der Waals surface area contributed by atoms with Gasteiger partial charge in [-0.15, -0.1) is 0 Å². The van der Waals surface area contributed by atoms with E-state index in [0.29, 0.717) is 43.3 Å². The second kappa shape index (κ2) is 8.87. The first-order valence-corrected chi connectivity index (χ1v) is 9.79. The van der Waals surface area contributed by atoms with Gasteiger partial charge in [0.05, 0.1) is 24.8 Å². The Bertz CT molecular complexity index is 1140. The Balaban J connectivity index is 1.77. The standard InChI is InChI=1S/C22H24N6O2/c1-4-18-24-20(23-13-15-9-6-5-7-10-15)27-21(25-18)28-17-12-8-11-16(14-29-2)19(17)26-22(28)30-3/h5-12H,4,13-14H2,1-3H3,(H,23,24,25,27). The molecule has 8 heteroatoms. The lowest BCUT2D eigenvalue weighted by atomic mass is 10.2. The second-order valence-corrected chi connectivity index (χ2v) is 6.72. The summed E-state index contributed by atoms with van der Waals surface area (Å²) in [7, 11) is 3.25. The highest BCUT2D eigenvalue weighted by Gasteiger charge is 2.19. The number of nitrogens with one attached hydrogen (secondary N) is 1. The van der Waals surface area contributed by atoms with E-state index in [-0.39, 0.29) is 0 Å². The molecule has 4 rings (SSSR count). The van der Waals surface area contributed by atoms with Crippen molar-refractivity contribution in [3.05, 3.63) is 65.5 Å². The summed E-state index contributed by atoms with van der Waals surface area (Å²) >= 11 is 0. The maximum atomic E-state index is 5.55. The summed E-state index contributed by atoms with van der Waals surface area (Å²) in [6, 6.07) is 16.5. The van der Waals surface area contributed by atoms with E-state index < -0.39 is 0 Å². The predicted octanol–water partition coefficient (Wildman–Crippen LogP) is 3.54. The number of fused-ring (bicyclic) bond motifs is 1. The lowest BCUT2D eigenvalue weighted by Crippen LogP contribution is -2.12. The van der Waals surface area contributed by atoms with Gasteiger partial charge in [-0.1, -0.05) is 49.4 Å². The minimum atomic E-state index is 0.413. The third kappa shape index (κ3) is 3.95. The molecule has 154 valence electrons. The number of benzene rings is 2. The largest absolute Gasteiger partial charge is 0.468 e. The lowest BCUT2D eigenvalue weighted by Gasteiger charge is -2.11. The Hall–Kier alpha value is -3.52. The zero-order valence-electron chi connectivity index (χ0n) is 17.3. The molecule has 0 saturated heterocycles. The summed E-state index contributed by atoms with van der Waals surface area (Å²) in [5, 5.41) is 3.30. The van der Waals surface area contributed by atoms with Gasteiger partial charge in [-0.3, -0.25) is 0 Å². The molecule has 8 nitrogen and oxygen atoms in total. The summed E-state index contributed by atoms with van der Waals surface area (Å²) in [5.41, 5.74) is 3.77. The average molecular weight is 404 g/mol. The van der Waals surface area contributed by atoms with Crippen LogP contribution in [0.25, 0.3) is 17.0 Å². The Kier molecular flexibility index (Phi) is 5.85. The molecule has 2 heterocycles. The smallest absolute Gasteiger partial charge is 0.304 e. The fraction of sp³-hybridized carbons (Fsp3) is 0.273. The van der Waals surface area contributed by atoms with E-state index in [1.165, 1.54) is 0 Å². The molecule has 2 aromatic carbocycles. The van der Waals surface area contributed by atoms with Crippen molar-refractivity contribution in [1.29, 1.82) is 0 Å². The molecule has 0 amide bonds. The van der Waals surface area contributed by atoms with Crippen LogP contribution in [0.1, 0.15) is 23.9 Å². The molecule has 0 unspecified atom stereocenters. The average Bonchev–Trinajstić information content (AvgIpc) is 3.18. The number of methoxy groups -OCH3 is 2. The van der Waals surface area contributed by atoms with Crippen molar-refractivity contribution >= 4 is 17.0 Å². The first-order chi connectivity index (χ1) is 14.7. The summed E-state index contributed by atoms with van der Waals surface area (Å²) in [6.07, 6.45) is 0.680. The molecule has 0 aliphatic heterocycles. The molecule has 0 saturated carbocycles. The van der Waals surface area contributed by atoms with Crippen LogP contribution in [0.15, 0.2) is 48.5 Å². The van der Waals surface area contributed by atoms with E-state index in [1.54, 1.807) is 14.2 Å². The Morgan fingerprint density at radius 2 is 1.77 bits per heavy atom. The first-order valence-electron chi connectivity index (χ1n) is 9.79. The van der Waals surface area contributed by atoms with Crippen molar-refractivity contribution in [2.45, 2.75) is 26.5 Å². The number of imidazole rings is 1. The molecule has 4 aromatic rings. The fourth-order valence-electron chi connectivity index (χ4n) is 3.26. The molecule has 0 atom stereocenters. The fourth-order valence-corrected chi connectivity index (χ4v) is 3.26. The number of hydrogen-bond acceptors (Lipinski definition) is 7. The van der Waals surface area contributed by atoms with Crippen LogP contribution in [-0.4, -0.2) is 38.7 Å². The highest BCUT2D eigenvalue weighted by Crippen LogP contribution is 2.27. The molecule has 0 bridgehead atoms. The topological polar surface area (TPSA) is 87.0 Å². The van der Waals surface area contributed by atoms with Crippen LogP contribution < -0.4 is 10.1 Å². The van der Waals surface area contributed by atoms with Gasteiger partial charge in [0.25, 0.3) is 0 Å². The van der Waals surface area contributed by atoms with Gasteiger partial charge in [-0.25, -0.2) is 4.57 Å². The number of ether oxygens (including phenoxy) is 2. The number of para-hydroxylation sites is 1. The molecule has 1 N–H and O–H groups in total. The number of anilines is 1. The van der Waals surface area contributed by atoms with Crippen LogP contribution in [0, 0.1) is 0 Å². The highest BCUT2D eigenvalue weighted by atomic mass is 16.5. The zero-order valence-corrected chi connectivity index (χ0v) is 17.3. The van der Waals surface area contributed by atoms with Gasteiger partial charge in [-0.05, 0) is 11.6 Å². The maximum absolute atomic E-state index is 5.55. The molecular formula is C22H24N6O2. The van der Waals surface area contributed by atoms with Crippen molar-refractivity contribution < 1.29 is 9.47 Å². The van der Waals surface area contributed by atoms with Crippen LogP contribution in [0.4, 0.5) is 5.95 Å². The van der Waals surface area contributed by atoms with Gasteiger partial charge >= 0.3 is 6.01 Å². The van der Waals surface area contributed by atoms with Crippen molar-refractivity contribution in [3.8, 4) is 12.0 Å². The molecule has 0 aliphatic carbocycles. The Morgan fingerprint density at radius 3 is 2.50 bits per heavy atom. The van der Waals surface area contributed by atoms with Gasteiger partial charge in [0.15, 0.2) is 0 Å². The minimum absolute atomic E-state index is 0.413. The molecule has 0 fully saturated rings. The summed E-state index contributed by atoms with van der Waals surface area (Å²) in [5.74, 6) is 1.66. The maximum Gasteiger partial charge on any atom is 0.304 e. The monoisotopic (exact) mass is 404 g/mol. The van der Waals surface area contributed by atoms with Crippen molar-refractivity contribution in [1.82, 2.24) is 24.5 Å². The van der Waals surface area contributed by atoms with Crippen molar-refractivity contribution in [3.63, 3.8) is 0 Å². The summed E-state index contributed by atoms with van der Waals surface area (Å²) in [6.45, 7) is 3.09. The zero-order chi connectivity index (χ0) is 20.9. The Labute approximate surface area is 174 Å². The van der Waals surface area contributed by atoms with Crippen molar-refractivity contribution in [2.75, 3.05) is 19.5 Å². The minimum Gasteiger partial charge on any atom is -0.468 e. The number of rotatable bonds is 8. The molecule has 0 radical (unpaired) electrons. The van der Waals surface area contributed by atoms with Gasteiger partial charge < -0.3 is 14.8 Å². The van der Waals surface area contributed by atoms with Crippen LogP contribution in [0.3, 0.4) is 0 Å². The molecule has 2 aromatic heterocycles. The summed E-state index contributed by atoms with van der Waals surface area (Å²) in [4.78, 5) is 18.5. The van der Waals surface area contributed by atoms with Gasteiger partial charge in [0.2, 0.25) is 11.9 Å². The number of aromatic nitrogens is 5. The molecule has 0 spiro atoms. The van der Waals surface area contributed by atoms with E-state index in [9.17, 15) is 0 Å². The SMILES string of the molecule is CCc1nc(NCc2ccccc2)nc(-n2c(OC)nc3c(COC)cccc32)n1. The number of aryl methyl sites for hydroxylation is 1. The van der Waals surface area contributed by atoms with Gasteiger partial charge in [0, 0.05) is 25.6 Å². The van der Waals surface area contributed by atoms with E-state index in [1.807, 2.05) is 47.9 Å². The van der Waals surface area contributed by atoms with Crippen LogP contribution in [0.5, 0.6) is 6.01 Å². The van der Waals surface area contributed by atoms with Crippen LogP contribution >= 0.6 is 0 Å². The first kappa shape index (κ1) is 19.8. The number of hydrogen-bond donors (Lipinski definition) is 1. The normalized spacial score (nSPS) is 11.0. The predicted molar refractivity (Wildman–Crippen MR) is 115 cm³/mol. The van der Waals surface area contributed by atoms with Crippen LogP contribution in [0.2, 0.25) is 0 Å². The van der Waals surface area contributed by atoms with E-state index in [2.05, 4.69) is 37.4 Å².